The summed E-state index contributed by atoms with van der Waals surface area (Å²) in [4.78, 5) is 10.8. The van der Waals surface area contributed by atoms with E-state index < -0.39 is 0 Å². The second-order valence-corrected chi connectivity index (χ2v) is 2.51. The molecule has 1 N–H and O–H groups in total. The number of ether oxygens (including phenoxy) is 1. The molecule has 3 heteroatoms. The van der Waals surface area contributed by atoms with Gasteiger partial charge in [-0.15, -0.1) is 0 Å². The first kappa shape index (κ1) is 8.84. The van der Waals surface area contributed by atoms with Crippen molar-refractivity contribution in [2.24, 2.45) is 0 Å². The summed E-state index contributed by atoms with van der Waals surface area (Å²) in [7, 11) is 0. The third-order valence-electron chi connectivity index (χ3n) is 1.57. The minimum absolute atomic E-state index is 0.273. The smallest absolute Gasteiger partial charge is 0.330 e. The molecule has 0 spiro atoms. The summed E-state index contributed by atoms with van der Waals surface area (Å²) in [6, 6.07) is 0. The van der Waals surface area contributed by atoms with Gasteiger partial charge in [-0.1, -0.05) is 6.08 Å². The molecule has 0 bridgehead atoms. The predicted molar refractivity (Wildman–Crippen MR) is 46.5 cm³/mol. The summed E-state index contributed by atoms with van der Waals surface area (Å²) in [6.07, 6.45) is 6.14. The molecule has 0 aromatic rings. The molecular formula is C9H13NO2. The van der Waals surface area contributed by atoms with Crippen molar-refractivity contribution in [3.8, 4) is 0 Å². The molecule has 0 unspecified atom stereocenters. The number of hydrogen-bond donors (Lipinski definition) is 1. The minimum atomic E-state index is -0.273. The Bertz CT molecular complexity index is 219. The van der Waals surface area contributed by atoms with Crippen LogP contribution in [0.2, 0.25) is 0 Å². The molecule has 66 valence electrons. The van der Waals surface area contributed by atoms with Gasteiger partial charge in [0, 0.05) is 12.6 Å². The Morgan fingerprint density at radius 3 is 3.25 bits per heavy atom. The van der Waals surface area contributed by atoms with Crippen LogP contribution in [0.1, 0.15) is 13.3 Å². The molecule has 0 aromatic heterocycles. The number of rotatable bonds is 3. The van der Waals surface area contributed by atoms with Gasteiger partial charge in [0.2, 0.25) is 0 Å². The van der Waals surface area contributed by atoms with E-state index >= 15 is 0 Å². The van der Waals surface area contributed by atoms with Gasteiger partial charge < -0.3 is 10.1 Å². The maximum absolute atomic E-state index is 10.8. The largest absolute Gasteiger partial charge is 0.463 e. The highest BCUT2D eigenvalue weighted by atomic mass is 16.5. The molecule has 1 aliphatic heterocycles. The van der Waals surface area contributed by atoms with E-state index in [4.69, 9.17) is 4.74 Å². The molecule has 0 amide bonds. The van der Waals surface area contributed by atoms with Crippen molar-refractivity contribution in [2.75, 3.05) is 13.2 Å². The number of nitrogens with one attached hydrogen (secondary N) is 1. The van der Waals surface area contributed by atoms with Crippen molar-refractivity contribution in [2.45, 2.75) is 13.3 Å². The van der Waals surface area contributed by atoms with Crippen molar-refractivity contribution in [1.29, 1.82) is 0 Å². The van der Waals surface area contributed by atoms with E-state index in [0.717, 1.165) is 18.5 Å². The van der Waals surface area contributed by atoms with Crippen LogP contribution in [0, 0.1) is 0 Å². The fraction of sp³-hybridized carbons (Fsp3) is 0.444. The second-order valence-electron chi connectivity index (χ2n) is 2.51. The Morgan fingerprint density at radius 2 is 2.67 bits per heavy atom. The topological polar surface area (TPSA) is 38.3 Å². The van der Waals surface area contributed by atoms with E-state index in [1.807, 2.05) is 6.20 Å². The Morgan fingerprint density at radius 1 is 1.83 bits per heavy atom. The van der Waals surface area contributed by atoms with Gasteiger partial charge in [-0.2, -0.15) is 0 Å². The van der Waals surface area contributed by atoms with Gasteiger partial charge in [-0.25, -0.2) is 4.79 Å². The van der Waals surface area contributed by atoms with Gasteiger partial charge in [0.05, 0.1) is 6.61 Å². The van der Waals surface area contributed by atoms with Crippen LogP contribution >= 0.6 is 0 Å². The van der Waals surface area contributed by atoms with E-state index in [9.17, 15) is 4.79 Å². The van der Waals surface area contributed by atoms with Gasteiger partial charge in [-0.05, 0) is 25.1 Å². The second kappa shape index (κ2) is 4.59. The first-order chi connectivity index (χ1) is 5.83. The lowest BCUT2D eigenvalue weighted by molar-refractivity contribution is -0.137. The molecule has 0 radical (unpaired) electrons. The van der Waals surface area contributed by atoms with Crippen LogP contribution in [0.3, 0.4) is 0 Å². The third kappa shape index (κ3) is 2.78. The van der Waals surface area contributed by atoms with E-state index in [0.29, 0.717) is 6.61 Å². The van der Waals surface area contributed by atoms with Crippen molar-refractivity contribution in [3.63, 3.8) is 0 Å². The highest BCUT2D eigenvalue weighted by molar-refractivity contribution is 5.82. The third-order valence-corrected chi connectivity index (χ3v) is 1.57. The summed E-state index contributed by atoms with van der Waals surface area (Å²) in [6.45, 7) is 3.19. The maximum atomic E-state index is 10.8. The highest BCUT2D eigenvalue weighted by Crippen LogP contribution is 2.06. The van der Waals surface area contributed by atoms with Crippen LogP contribution in [0.25, 0.3) is 0 Å². The molecule has 12 heavy (non-hydrogen) atoms. The zero-order valence-corrected chi connectivity index (χ0v) is 7.17. The van der Waals surface area contributed by atoms with Gasteiger partial charge >= 0.3 is 5.97 Å². The van der Waals surface area contributed by atoms with Crippen LogP contribution in [0.5, 0.6) is 0 Å². The van der Waals surface area contributed by atoms with E-state index in [1.54, 1.807) is 13.0 Å². The standard InChI is InChI=1S/C9H13NO2/c1-2-12-9(11)4-3-8-5-6-10-7-8/h3-4,7,10H,2,5-6H2,1H3/b4-3+. The fourth-order valence-corrected chi connectivity index (χ4v) is 0.989. The SMILES string of the molecule is CCOC(=O)/C=C/C1=CNCC1. The van der Waals surface area contributed by atoms with E-state index in [2.05, 4.69) is 5.32 Å². The van der Waals surface area contributed by atoms with Crippen LogP contribution in [0.15, 0.2) is 23.9 Å². The van der Waals surface area contributed by atoms with E-state index in [-0.39, 0.29) is 5.97 Å². The van der Waals surface area contributed by atoms with Crippen molar-refractivity contribution in [1.82, 2.24) is 5.32 Å². The first-order valence-electron chi connectivity index (χ1n) is 4.10. The summed E-state index contributed by atoms with van der Waals surface area (Å²) < 4.78 is 4.73. The lowest BCUT2D eigenvalue weighted by Gasteiger charge is -1.94. The Balaban J connectivity index is 2.33. The predicted octanol–water partition coefficient (Wildman–Crippen LogP) is 0.983. The minimum Gasteiger partial charge on any atom is -0.463 e. The molecule has 0 aromatic carbocycles. The van der Waals surface area contributed by atoms with Crippen LogP contribution in [0.4, 0.5) is 0 Å². The van der Waals surface area contributed by atoms with Gasteiger partial charge in [0.15, 0.2) is 0 Å². The zero-order chi connectivity index (χ0) is 8.81. The molecule has 1 heterocycles. The average molecular weight is 167 g/mol. The zero-order valence-electron chi connectivity index (χ0n) is 7.17. The molecule has 3 nitrogen and oxygen atoms in total. The molecule has 0 aliphatic carbocycles. The highest BCUT2D eigenvalue weighted by Gasteiger charge is 2.00. The molecule has 0 fully saturated rings. The lowest BCUT2D eigenvalue weighted by atomic mass is 10.2. The molecule has 0 saturated carbocycles. The summed E-state index contributed by atoms with van der Waals surface area (Å²) in [5.41, 5.74) is 1.14. The Kier molecular flexibility index (Phi) is 3.38. The quantitative estimate of drug-likeness (QED) is 0.503. The van der Waals surface area contributed by atoms with Crippen molar-refractivity contribution >= 4 is 5.97 Å². The number of hydrogen-bond acceptors (Lipinski definition) is 3. The average Bonchev–Trinajstić information content (AvgIpc) is 2.53. The summed E-state index contributed by atoms with van der Waals surface area (Å²) in [5, 5.41) is 3.06. The van der Waals surface area contributed by atoms with Gasteiger partial charge in [-0.3, -0.25) is 0 Å². The molecule has 1 aliphatic rings. The number of carbonyl (C=O) groups excluding carboxylic acids is 1. The number of esters is 1. The van der Waals surface area contributed by atoms with Gasteiger partial charge in [0.25, 0.3) is 0 Å². The van der Waals surface area contributed by atoms with Crippen LogP contribution < -0.4 is 5.32 Å². The fourth-order valence-electron chi connectivity index (χ4n) is 0.989. The number of carbonyl (C=O) groups is 1. The van der Waals surface area contributed by atoms with E-state index in [1.165, 1.54) is 6.08 Å². The summed E-state index contributed by atoms with van der Waals surface area (Å²) in [5.74, 6) is -0.273. The van der Waals surface area contributed by atoms with Crippen molar-refractivity contribution in [3.05, 3.63) is 23.9 Å². The lowest BCUT2D eigenvalue weighted by Crippen LogP contribution is -1.98. The molecule has 1 rings (SSSR count). The molecular weight excluding hydrogens is 154 g/mol. The van der Waals surface area contributed by atoms with Gasteiger partial charge in [0.1, 0.15) is 0 Å². The van der Waals surface area contributed by atoms with Crippen molar-refractivity contribution < 1.29 is 9.53 Å². The number of allylic oxidation sites excluding steroid dienone is 1. The maximum Gasteiger partial charge on any atom is 0.330 e. The first-order valence-corrected chi connectivity index (χ1v) is 4.10. The molecule has 0 saturated heterocycles. The Labute approximate surface area is 72.1 Å². The monoisotopic (exact) mass is 167 g/mol. The summed E-state index contributed by atoms with van der Waals surface area (Å²) >= 11 is 0. The Hall–Kier alpha value is -1.25. The normalized spacial score (nSPS) is 15.9. The van der Waals surface area contributed by atoms with Crippen LogP contribution in [-0.2, 0) is 9.53 Å². The van der Waals surface area contributed by atoms with Crippen LogP contribution in [-0.4, -0.2) is 19.1 Å². The molecule has 0 atom stereocenters.